The van der Waals surface area contributed by atoms with E-state index in [1.54, 1.807) is 42.6 Å². The Morgan fingerprint density at radius 2 is 1.81 bits per heavy atom. The van der Waals surface area contributed by atoms with Gasteiger partial charge in [-0.15, -0.1) is 11.3 Å². The van der Waals surface area contributed by atoms with E-state index in [0.29, 0.717) is 10.9 Å². The van der Waals surface area contributed by atoms with E-state index in [-0.39, 0.29) is 11.2 Å². The zero-order chi connectivity index (χ0) is 14.7. The maximum atomic E-state index is 12.4. The number of pyridine rings is 1. The third kappa shape index (κ3) is 2.93. The zero-order valence-corrected chi connectivity index (χ0v) is 12.4. The number of hydrogen-bond acceptors (Lipinski definition) is 6. The molecule has 0 atom stereocenters. The summed E-state index contributed by atoms with van der Waals surface area (Å²) < 4.78 is 24.8. The maximum Gasteiger partial charge on any atom is 0.208 e. The minimum atomic E-state index is -3.52. The lowest BCUT2D eigenvalue weighted by molar-refractivity contribution is 0.595. The quantitative estimate of drug-likeness (QED) is 0.798. The van der Waals surface area contributed by atoms with Crippen molar-refractivity contribution < 1.29 is 9.84 Å². The zero-order valence-electron chi connectivity index (χ0n) is 10.8. The van der Waals surface area contributed by atoms with Gasteiger partial charge in [0.15, 0.2) is 5.13 Å². The second-order valence-electron chi connectivity index (χ2n) is 4.16. The normalized spacial score (nSPS) is 11.2. The van der Waals surface area contributed by atoms with Crippen LogP contribution < -0.4 is 5.32 Å². The molecule has 0 bridgehead atoms. The molecule has 0 saturated carbocycles. The Hall–Kier alpha value is -2.25. The summed E-state index contributed by atoms with van der Waals surface area (Å²) >= 11 is 1.44. The Labute approximate surface area is 127 Å². The lowest BCUT2D eigenvalue weighted by Crippen LogP contribution is -2.03. The summed E-state index contributed by atoms with van der Waals surface area (Å²) in [6.45, 7) is 0. The molecular formula is C14H13N3O2S2. The van der Waals surface area contributed by atoms with Crippen molar-refractivity contribution in [2.45, 2.75) is 9.79 Å². The maximum absolute atomic E-state index is 12.4. The third-order valence-electron chi connectivity index (χ3n) is 2.77. The first-order valence-electron chi connectivity index (χ1n) is 6.09. The van der Waals surface area contributed by atoms with E-state index in [1.807, 2.05) is 5.38 Å². The molecule has 3 aromatic rings. The lowest BCUT2D eigenvalue weighted by Gasteiger charge is -2.05. The molecule has 0 aliphatic heterocycles. The SMILES string of the molecule is O=S(=O)(c1ccccc1)c1ccc(Nc2nccs2)nc1.[HH]. The highest BCUT2D eigenvalue weighted by Crippen LogP contribution is 2.22. The molecule has 0 aliphatic carbocycles. The van der Waals surface area contributed by atoms with Gasteiger partial charge in [0.1, 0.15) is 5.82 Å². The van der Waals surface area contributed by atoms with E-state index in [1.165, 1.54) is 23.6 Å². The molecule has 0 amide bonds. The number of nitrogens with zero attached hydrogens (tertiary/aromatic N) is 2. The number of rotatable bonds is 4. The molecule has 0 spiro atoms. The Balaban J connectivity index is 0.00000176. The van der Waals surface area contributed by atoms with Gasteiger partial charge in [-0.05, 0) is 24.3 Å². The largest absolute Gasteiger partial charge is 0.316 e. The standard InChI is InChI=1S/C14H11N3O2S2.H2/c18-21(19,11-4-2-1-3-5-11)12-6-7-13(16-10-12)17-14-15-8-9-20-14;/h1-10H,(H,15,16,17);1H. The summed E-state index contributed by atoms with van der Waals surface area (Å²) in [5.74, 6) is 0.553. The summed E-state index contributed by atoms with van der Waals surface area (Å²) in [7, 11) is -3.52. The molecule has 21 heavy (non-hydrogen) atoms. The summed E-state index contributed by atoms with van der Waals surface area (Å²) in [4.78, 5) is 8.62. The second kappa shape index (κ2) is 5.63. The Morgan fingerprint density at radius 1 is 1.00 bits per heavy atom. The van der Waals surface area contributed by atoms with Gasteiger partial charge in [-0.2, -0.15) is 0 Å². The lowest BCUT2D eigenvalue weighted by atomic mass is 10.4. The van der Waals surface area contributed by atoms with E-state index >= 15 is 0 Å². The first-order chi connectivity index (χ1) is 10.2. The fourth-order valence-corrected chi connectivity index (χ4v) is 3.51. The van der Waals surface area contributed by atoms with E-state index < -0.39 is 9.84 Å². The molecule has 108 valence electrons. The number of thiazole rings is 1. The van der Waals surface area contributed by atoms with Crippen LogP contribution >= 0.6 is 11.3 Å². The van der Waals surface area contributed by atoms with Crippen LogP contribution in [0.5, 0.6) is 0 Å². The molecule has 7 heteroatoms. The molecule has 0 fully saturated rings. The van der Waals surface area contributed by atoms with Gasteiger partial charge in [0.25, 0.3) is 0 Å². The van der Waals surface area contributed by atoms with Crippen molar-refractivity contribution in [2.24, 2.45) is 0 Å². The van der Waals surface area contributed by atoms with Gasteiger partial charge >= 0.3 is 0 Å². The van der Waals surface area contributed by atoms with E-state index in [2.05, 4.69) is 15.3 Å². The molecule has 3 rings (SSSR count). The monoisotopic (exact) mass is 319 g/mol. The number of anilines is 2. The van der Waals surface area contributed by atoms with E-state index in [9.17, 15) is 8.42 Å². The molecular weight excluding hydrogens is 306 g/mol. The molecule has 1 N–H and O–H groups in total. The highest BCUT2D eigenvalue weighted by atomic mass is 32.2. The van der Waals surface area contributed by atoms with Crippen molar-refractivity contribution in [3.8, 4) is 0 Å². The molecule has 1 aromatic carbocycles. The molecule has 0 aliphatic rings. The van der Waals surface area contributed by atoms with Crippen molar-refractivity contribution >= 4 is 32.1 Å². The minimum absolute atomic E-state index is 0. The van der Waals surface area contributed by atoms with Gasteiger partial charge < -0.3 is 5.32 Å². The van der Waals surface area contributed by atoms with Crippen molar-refractivity contribution in [2.75, 3.05) is 5.32 Å². The van der Waals surface area contributed by atoms with Crippen molar-refractivity contribution in [1.29, 1.82) is 0 Å². The number of aromatic nitrogens is 2. The number of nitrogens with one attached hydrogen (secondary N) is 1. The van der Waals surface area contributed by atoms with Gasteiger partial charge in [0, 0.05) is 19.2 Å². The van der Waals surface area contributed by atoms with Crippen molar-refractivity contribution in [3.63, 3.8) is 0 Å². The van der Waals surface area contributed by atoms with Crippen LogP contribution in [0.4, 0.5) is 10.9 Å². The van der Waals surface area contributed by atoms with Crippen LogP contribution in [0.15, 0.2) is 70.0 Å². The molecule has 2 heterocycles. The van der Waals surface area contributed by atoms with Crippen LogP contribution in [0.3, 0.4) is 0 Å². The fourth-order valence-electron chi connectivity index (χ4n) is 1.74. The number of benzene rings is 1. The Morgan fingerprint density at radius 3 is 2.43 bits per heavy atom. The molecule has 0 unspecified atom stereocenters. The van der Waals surface area contributed by atoms with Crippen LogP contribution in [0.1, 0.15) is 1.43 Å². The van der Waals surface area contributed by atoms with E-state index in [4.69, 9.17) is 0 Å². The van der Waals surface area contributed by atoms with Crippen LogP contribution in [0, 0.1) is 0 Å². The fraction of sp³-hybridized carbons (Fsp3) is 0. The van der Waals surface area contributed by atoms with E-state index in [0.717, 1.165) is 0 Å². The second-order valence-corrected chi connectivity index (χ2v) is 7.00. The average Bonchev–Trinajstić information content (AvgIpc) is 3.02. The highest BCUT2D eigenvalue weighted by molar-refractivity contribution is 7.91. The van der Waals surface area contributed by atoms with Gasteiger partial charge in [-0.25, -0.2) is 18.4 Å². The van der Waals surface area contributed by atoms with Crippen molar-refractivity contribution in [1.82, 2.24) is 9.97 Å². The smallest absolute Gasteiger partial charge is 0.208 e. The van der Waals surface area contributed by atoms with Gasteiger partial charge in [-0.1, -0.05) is 18.2 Å². The summed E-state index contributed by atoms with van der Waals surface area (Å²) in [5.41, 5.74) is 0. The average molecular weight is 319 g/mol. The first-order valence-corrected chi connectivity index (χ1v) is 8.45. The Bertz CT molecular complexity index is 820. The third-order valence-corrected chi connectivity index (χ3v) is 5.21. The first kappa shape index (κ1) is 13.7. The number of hydrogen-bond donors (Lipinski definition) is 1. The van der Waals surface area contributed by atoms with Gasteiger partial charge in [-0.3, -0.25) is 0 Å². The molecule has 0 saturated heterocycles. The van der Waals surface area contributed by atoms with Crippen LogP contribution in [0.2, 0.25) is 0 Å². The molecule has 2 aromatic heterocycles. The summed E-state index contributed by atoms with van der Waals surface area (Å²) in [5, 5.41) is 5.56. The van der Waals surface area contributed by atoms with Crippen LogP contribution in [-0.4, -0.2) is 18.4 Å². The van der Waals surface area contributed by atoms with Gasteiger partial charge in [0.2, 0.25) is 9.84 Å². The predicted octanol–water partition coefficient (Wildman–Crippen LogP) is 3.36. The Kier molecular flexibility index (Phi) is 3.68. The molecule has 5 nitrogen and oxygen atoms in total. The summed E-state index contributed by atoms with van der Waals surface area (Å²) in [6, 6.07) is 11.5. The highest BCUT2D eigenvalue weighted by Gasteiger charge is 2.17. The minimum Gasteiger partial charge on any atom is -0.316 e. The molecule has 0 radical (unpaired) electrons. The topological polar surface area (TPSA) is 72.0 Å². The van der Waals surface area contributed by atoms with Crippen molar-refractivity contribution in [3.05, 3.63) is 60.2 Å². The summed E-state index contributed by atoms with van der Waals surface area (Å²) in [6.07, 6.45) is 3.03. The number of sulfone groups is 1. The van der Waals surface area contributed by atoms with Crippen LogP contribution in [0.25, 0.3) is 0 Å². The predicted molar refractivity (Wildman–Crippen MR) is 83.6 cm³/mol. The van der Waals surface area contributed by atoms with Crippen LogP contribution in [-0.2, 0) is 9.84 Å². The van der Waals surface area contributed by atoms with Gasteiger partial charge in [0.05, 0.1) is 9.79 Å².